The second-order valence-corrected chi connectivity index (χ2v) is 8.98. The lowest BCUT2D eigenvalue weighted by Crippen LogP contribution is -2.36. The van der Waals surface area contributed by atoms with Gasteiger partial charge in [-0.1, -0.05) is 25.9 Å². The minimum absolute atomic E-state index is 0.00844. The summed E-state index contributed by atoms with van der Waals surface area (Å²) in [7, 11) is 0. The SMILES string of the molecule is CCc1cc(-c2noc(-c3cc(C)nc(NCC(C)C)n3)n2)cc(C)c1OCC(O)CNC(=O)CO. The van der Waals surface area contributed by atoms with Gasteiger partial charge in [0.2, 0.25) is 17.7 Å². The van der Waals surface area contributed by atoms with E-state index in [2.05, 4.69) is 44.6 Å². The van der Waals surface area contributed by atoms with Gasteiger partial charge in [0.15, 0.2) is 0 Å². The van der Waals surface area contributed by atoms with Gasteiger partial charge in [-0.15, -0.1) is 0 Å². The van der Waals surface area contributed by atoms with E-state index in [-0.39, 0.29) is 13.2 Å². The minimum atomic E-state index is -0.916. The number of anilines is 1. The van der Waals surface area contributed by atoms with Crippen LogP contribution >= 0.6 is 0 Å². The van der Waals surface area contributed by atoms with E-state index < -0.39 is 18.6 Å². The van der Waals surface area contributed by atoms with Crippen LogP contribution in [0.5, 0.6) is 5.75 Å². The molecule has 3 aromatic rings. The highest BCUT2D eigenvalue weighted by Gasteiger charge is 2.18. The Labute approximate surface area is 210 Å². The number of carbonyl (C=O) groups is 1. The minimum Gasteiger partial charge on any atom is -0.490 e. The Morgan fingerprint density at radius 2 is 1.92 bits per heavy atom. The molecule has 11 heteroatoms. The summed E-state index contributed by atoms with van der Waals surface area (Å²) < 4.78 is 11.4. The van der Waals surface area contributed by atoms with Crippen LogP contribution in [0.15, 0.2) is 22.7 Å². The molecule has 2 heterocycles. The number of benzene rings is 1. The van der Waals surface area contributed by atoms with Crippen molar-refractivity contribution in [2.75, 3.05) is 31.6 Å². The fraction of sp³-hybridized carbons (Fsp3) is 0.480. The van der Waals surface area contributed by atoms with Crippen molar-refractivity contribution < 1.29 is 24.3 Å². The molecule has 1 amide bonds. The largest absolute Gasteiger partial charge is 0.490 e. The molecular formula is C25H34N6O5. The van der Waals surface area contributed by atoms with Gasteiger partial charge >= 0.3 is 0 Å². The number of rotatable bonds is 12. The molecule has 0 bridgehead atoms. The summed E-state index contributed by atoms with van der Waals surface area (Å²) in [6, 6.07) is 5.62. The molecule has 194 valence electrons. The normalized spacial score (nSPS) is 12.0. The number of nitrogens with one attached hydrogen (secondary N) is 2. The fourth-order valence-electron chi connectivity index (χ4n) is 3.47. The molecule has 1 unspecified atom stereocenters. The van der Waals surface area contributed by atoms with E-state index in [0.717, 1.165) is 28.9 Å². The van der Waals surface area contributed by atoms with Crippen molar-refractivity contribution in [1.29, 1.82) is 0 Å². The summed E-state index contributed by atoms with van der Waals surface area (Å²) in [5.41, 5.74) is 3.87. The third-order valence-electron chi connectivity index (χ3n) is 5.26. The van der Waals surface area contributed by atoms with Crippen molar-refractivity contribution in [3.8, 4) is 28.7 Å². The molecule has 0 aliphatic heterocycles. The Morgan fingerprint density at radius 1 is 1.14 bits per heavy atom. The Kier molecular flexibility index (Phi) is 9.31. The topological polar surface area (TPSA) is 156 Å². The van der Waals surface area contributed by atoms with E-state index in [1.165, 1.54) is 0 Å². The number of ether oxygens (including phenoxy) is 1. The van der Waals surface area contributed by atoms with Crippen molar-refractivity contribution >= 4 is 11.9 Å². The first-order valence-electron chi connectivity index (χ1n) is 12.0. The molecule has 11 nitrogen and oxygen atoms in total. The third kappa shape index (κ3) is 7.22. The first kappa shape index (κ1) is 27.0. The first-order chi connectivity index (χ1) is 17.2. The second kappa shape index (κ2) is 12.4. The Bertz CT molecular complexity index is 1180. The average Bonchev–Trinajstić information content (AvgIpc) is 3.35. The zero-order valence-electron chi connectivity index (χ0n) is 21.3. The molecule has 0 aliphatic rings. The first-order valence-corrected chi connectivity index (χ1v) is 12.0. The molecule has 0 fully saturated rings. The maximum atomic E-state index is 11.2. The van der Waals surface area contributed by atoms with Gasteiger partial charge in [0.1, 0.15) is 30.8 Å². The molecule has 1 aromatic carbocycles. The predicted octanol–water partition coefficient (Wildman–Crippen LogP) is 2.29. The monoisotopic (exact) mass is 498 g/mol. The lowest BCUT2D eigenvalue weighted by molar-refractivity contribution is -0.124. The summed E-state index contributed by atoms with van der Waals surface area (Å²) in [6.45, 7) is 10.1. The molecule has 0 aliphatic carbocycles. The van der Waals surface area contributed by atoms with Crippen LogP contribution in [0.1, 0.15) is 37.6 Å². The molecule has 0 saturated heterocycles. The Morgan fingerprint density at radius 3 is 2.61 bits per heavy atom. The molecule has 3 rings (SSSR count). The van der Waals surface area contributed by atoms with Gasteiger partial charge in [0.25, 0.3) is 5.89 Å². The summed E-state index contributed by atoms with van der Waals surface area (Å²) in [5, 5.41) is 28.6. The molecule has 4 N–H and O–H groups in total. The van der Waals surface area contributed by atoms with Gasteiger partial charge in [-0.05, 0) is 55.5 Å². The van der Waals surface area contributed by atoms with E-state index in [9.17, 15) is 9.90 Å². The highest BCUT2D eigenvalue weighted by Crippen LogP contribution is 2.31. The number of hydrogen-bond acceptors (Lipinski definition) is 10. The molecule has 1 atom stereocenters. The average molecular weight is 499 g/mol. The summed E-state index contributed by atoms with van der Waals surface area (Å²) in [5.74, 6) is 1.79. The van der Waals surface area contributed by atoms with Crippen LogP contribution in [0.2, 0.25) is 0 Å². The van der Waals surface area contributed by atoms with Gasteiger partial charge < -0.3 is 30.1 Å². The zero-order valence-corrected chi connectivity index (χ0v) is 21.3. The quantitative estimate of drug-likeness (QED) is 0.292. The number of aromatic nitrogens is 4. The number of aliphatic hydroxyl groups is 2. The van der Waals surface area contributed by atoms with Crippen LogP contribution in [-0.4, -0.2) is 68.6 Å². The Hall–Kier alpha value is -3.57. The van der Waals surface area contributed by atoms with Crippen molar-refractivity contribution in [3.63, 3.8) is 0 Å². The molecule has 0 saturated carbocycles. The highest BCUT2D eigenvalue weighted by molar-refractivity contribution is 5.76. The Balaban J connectivity index is 1.77. The smallest absolute Gasteiger partial charge is 0.277 e. The van der Waals surface area contributed by atoms with Crippen molar-refractivity contribution in [1.82, 2.24) is 25.4 Å². The molecule has 0 radical (unpaired) electrons. The van der Waals surface area contributed by atoms with Gasteiger partial charge in [-0.2, -0.15) is 4.98 Å². The van der Waals surface area contributed by atoms with E-state index in [1.54, 1.807) is 6.07 Å². The summed E-state index contributed by atoms with van der Waals surface area (Å²) in [6.07, 6.45) is -0.234. The molecule has 0 spiro atoms. The lowest BCUT2D eigenvalue weighted by Gasteiger charge is -2.17. The van der Waals surface area contributed by atoms with Crippen molar-refractivity contribution in [2.45, 2.75) is 47.1 Å². The number of aryl methyl sites for hydroxylation is 3. The van der Waals surface area contributed by atoms with Gasteiger partial charge in [0, 0.05) is 24.3 Å². The highest BCUT2D eigenvalue weighted by atomic mass is 16.5. The van der Waals surface area contributed by atoms with Crippen LogP contribution in [-0.2, 0) is 11.2 Å². The third-order valence-corrected chi connectivity index (χ3v) is 5.26. The number of amides is 1. The standard InChI is InChI=1S/C25H34N6O5/c1-6-17-9-18(7-15(4)22(17)35-13-19(33)11-26-21(34)12-32)23-30-24(36-31-23)20-8-16(5)28-25(29-20)27-10-14(2)3/h7-9,14,19,32-33H,6,10-13H2,1-5H3,(H,26,34)(H,27,28,29). The van der Waals surface area contributed by atoms with E-state index in [4.69, 9.17) is 14.4 Å². The number of carbonyl (C=O) groups excluding carboxylic acids is 1. The number of hydrogen-bond donors (Lipinski definition) is 4. The van der Waals surface area contributed by atoms with Gasteiger partial charge in [-0.3, -0.25) is 4.79 Å². The van der Waals surface area contributed by atoms with Crippen molar-refractivity contribution in [3.05, 3.63) is 35.0 Å². The fourth-order valence-corrected chi connectivity index (χ4v) is 3.47. The van der Waals surface area contributed by atoms with Crippen LogP contribution in [0.4, 0.5) is 5.95 Å². The summed E-state index contributed by atoms with van der Waals surface area (Å²) >= 11 is 0. The van der Waals surface area contributed by atoms with E-state index in [0.29, 0.717) is 41.4 Å². The predicted molar refractivity (Wildman–Crippen MR) is 135 cm³/mol. The second-order valence-electron chi connectivity index (χ2n) is 8.98. The zero-order chi connectivity index (χ0) is 26.2. The molecule has 2 aromatic heterocycles. The number of aliphatic hydroxyl groups excluding tert-OH is 2. The van der Waals surface area contributed by atoms with E-state index >= 15 is 0 Å². The summed E-state index contributed by atoms with van der Waals surface area (Å²) in [4.78, 5) is 24.7. The molecular weight excluding hydrogens is 464 g/mol. The van der Waals surface area contributed by atoms with Crippen LogP contribution in [0.3, 0.4) is 0 Å². The van der Waals surface area contributed by atoms with Crippen LogP contribution < -0.4 is 15.4 Å². The maximum Gasteiger partial charge on any atom is 0.277 e. The van der Waals surface area contributed by atoms with Crippen LogP contribution in [0, 0.1) is 19.8 Å². The lowest BCUT2D eigenvalue weighted by atomic mass is 10.0. The van der Waals surface area contributed by atoms with E-state index in [1.807, 2.05) is 32.9 Å². The van der Waals surface area contributed by atoms with Gasteiger partial charge in [-0.25, -0.2) is 9.97 Å². The van der Waals surface area contributed by atoms with Crippen molar-refractivity contribution in [2.24, 2.45) is 5.92 Å². The van der Waals surface area contributed by atoms with Crippen LogP contribution in [0.25, 0.3) is 23.0 Å². The van der Waals surface area contributed by atoms with Gasteiger partial charge in [0.05, 0.1) is 0 Å². The maximum absolute atomic E-state index is 11.2. The molecule has 36 heavy (non-hydrogen) atoms. The number of nitrogens with zero attached hydrogens (tertiary/aromatic N) is 4.